The second kappa shape index (κ2) is 11.9. The van der Waals surface area contributed by atoms with Gasteiger partial charge in [0.15, 0.2) is 11.6 Å². The van der Waals surface area contributed by atoms with Crippen molar-refractivity contribution >= 4 is 33.3 Å². The van der Waals surface area contributed by atoms with Crippen molar-refractivity contribution in [1.29, 1.82) is 0 Å². The zero-order valence-electron chi connectivity index (χ0n) is 27.3. The van der Waals surface area contributed by atoms with Gasteiger partial charge >= 0.3 is 0 Å². The average molecular weight is 692 g/mol. The van der Waals surface area contributed by atoms with Crippen LogP contribution in [0.15, 0.2) is 53.2 Å². The molecule has 6 aromatic rings. The first-order valence-corrected chi connectivity index (χ1v) is 17.5. The molecule has 0 bridgehead atoms. The van der Waals surface area contributed by atoms with Crippen LogP contribution in [0.3, 0.4) is 0 Å². The molecule has 0 radical (unpaired) electrons. The Hall–Kier alpha value is -5.30. The number of aromatic nitrogens is 5. The molecule has 13 heteroatoms. The molecule has 1 aliphatic carbocycles. The van der Waals surface area contributed by atoms with Gasteiger partial charge in [-0.25, -0.2) is 18.7 Å². The number of pyridine rings is 1. The molecule has 0 unspecified atom stereocenters. The number of thiophene rings is 1. The molecular formula is C37H31F2N7O3S. The van der Waals surface area contributed by atoms with Crippen molar-refractivity contribution in [3.63, 3.8) is 0 Å². The Morgan fingerprint density at radius 2 is 1.90 bits per heavy atom. The third kappa shape index (κ3) is 4.93. The summed E-state index contributed by atoms with van der Waals surface area (Å²) in [7, 11) is 1.49. The van der Waals surface area contributed by atoms with Gasteiger partial charge in [0.25, 0.3) is 5.91 Å². The molecule has 1 fully saturated rings. The summed E-state index contributed by atoms with van der Waals surface area (Å²) in [4.78, 5) is 31.4. The predicted octanol–water partition coefficient (Wildman–Crippen LogP) is 7.57. The van der Waals surface area contributed by atoms with Crippen LogP contribution < -0.4 is 10.1 Å². The highest BCUT2D eigenvalue weighted by Crippen LogP contribution is 2.50. The number of anilines is 1. The Bertz CT molecular complexity index is 2320. The van der Waals surface area contributed by atoms with Gasteiger partial charge in [0.1, 0.15) is 18.0 Å². The third-order valence-electron chi connectivity index (χ3n) is 10.0. The Balaban J connectivity index is 1.20. The Labute approximate surface area is 289 Å². The van der Waals surface area contributed by atoms with Gasteiger partial charge in [-0.2, -0.15) is 0 Å². The number of carbonyl (C=O) groups is 1. The molecule has 6 heterocycles. The number of hydrogen-bond donors (Lipinski definition) is 1. The van der Waals surface area contributed by atoms with Gasteiger partial charge in [-0.1, -0.05) is 18.2 Å². The van der Waals surface area contributed by atoms with E-state index in [9.17, 15) is 13.6 Å². The minimum Gasteiger partial charge on any atom is -0.493 e. The lowest BCUT2D eigenvalue weighted by atomic mass is 9.93. The SMILES string of the molecule is COc1c(F)ccc2c1CC[C@@H]2Nc1ncnc2cc(-c3c4c(nc(CCc5ccc(F)cc5)c3-c3nnc(C)o3)[C@H]3CCCN3C4=O)sc12. The van der Waals surface area contributed by atoms with Crippen molar-refractivity contribution < 1.29 is 22.7 Å². The minimum atomic E-state index is -0.372. The van der Waals surface area contributed by atoms with Crippen molar-refractivity contribution in [2.45, 2.75) is 57.5 Å². The highest BCUT2D eigenvalue weighted by atomic mass is 32.1. The second-order valence-electron chi connectivity index (χ2n) is 12.9. The van der Waals surface area contributed by atoms with Crippen LogP contribution in [0.4, 0.5) is 14.6 Å². The van der Waals surface area contributed by atoms with Crippen LogP contribution in [0.2, 0.25) is 0 Å². The monoisotopic (exact) mass is 691 g/mol. The van der Waals surface area contributed by atoms with Crippen LogP contribution in [-0.4, -0.2) is 49.6 Å². The molecular weight excluding hydrogens is 661 g/mol. The van der Waals surface area contributed by atoms with Crippen molar-refractivity contribution in [2.75, 3.05) is 19.0 Å². The largest absolute Gasteiger partial charge is 0.493 e. The van der Waals surface area contributed by atoms with Crippen LogP contribution >= 0.6 is 11.3 Å². The maximum absolute atomic E-state index is 14.5. The van der Waals surface area contributed by atoms with E-state index in [0.29, 0.717) is 54.2 Å². The van der Waals surface area contributed by atoms with Gasteiger partial charge in [0.2, 0.25) is 11.8 Å². The molecule has 2 atom stereocenters. The lowest BCUT2D eigenvalue weighted by Crippen LogP contribution is -2.22. The van der Waals surface area contributed by atoms with E-state index in [4.69, 9.17) is 14.1 Å². The summed E-state index contributed by atoms with van der Waals surface area (Å²) in [6.45, 7) is 2.40. The number of benzene rings is 2. The fourth-order valence-corrected chi connectivity index (χ4v) is 8.90. The summed E-state index contributed by atoms with van der Waals surface area (Å²) in [5.41, 5.74) is 6.89. The number of halogens is 2. The molecule has 2 aliphatic heterocycles. The van der Waals surface area contributed by atoms with Crippen LogP contribution in [0.1, 0.15) is 75.7 Å². The van der Waals surface area contributed by atoms with Gasteiger partial charge in [-0.05, 0) is 73.9 Å². The number of hydrogen-bond acceptors (Lipinski definition) is 10. The van der Waals surface area contributed by atoms with Gasteiger partial charge in [0.05, 0.1) is 51.9 Å². The summed E-state index contributed by atoms with van der Waals surface area (Å²) in [6, 6.07) is 11.5. The Morgan fingerprint density at radius 3 is 2.70 bits per heavy atom. The lowest BCUT2D eigenvalue weighted by molar-refractivity contribution is 0.0776. The molecule has 0 saturated carbocycles. The molecule has 252 valence electrons. The lowest BCUT2D eigenvalue weighted by Gasteiger charge is -2.16. The Kier molecular flexibility index (Phi) is 7.34. The first kappa shape index (κ1) is 30.7. The number of nitrogens with zero attached hydrogens (tertiary/aromatic N) is 6. The van der Waals surface area contributed by atoms with Crippen LogP contribution in [0.25, 0.3) is 32.1 Å². The molecule has 1 amide bonds. The standard InChI is InChI=1S/C37H31F2N7O3S/c1-18-44-45-36(49-18)29-25(13-7-19-5-8-20(38)9-6-19)42-32-27-4-3-15-46(27)37(47)31(32)30(29)28-16-26-34(50-28)35(41-17-40-26)43-24-14-11-22-21(24)10-12-23(39)33(22)48-2/h5-6,8-10,12,16-17,24,27H,3-4,7,11,13-15H2,1-2H3,(H,40,41,43)/t24-,27+/m0/s1. The van der Waals surface area contributed by atoms with Crippen molar-refractivity contribution in [3.05, 3.63) is 100.0 Å². The van der Waals surface area contributed by atoms with E-state index >= 15 is 0 Å². The predicted molar refractivity (Wildman–Crippen MR) is 183 cm³/mol. The first-order chi connectivity index (χ1) is 24.4. The van der Waals surface area contributed by atoms with E-state index in [0.717, 1.165) is 62.4 Å². The first-order valence-electron chi connectivity index (χ1n) is 16.7. The number of ether oxygens (including phenoxy) is 1. The van der Waals surface area contributed by atoms with E-state index in [-0.39, 0.29) is 41.3 Å². The van der Waals surface area contributed by atoms with Crippen molar-refractivity contribution in [2.24, 2.45) is 0 Å². The van der Waals surface area contributed by atoms with Crippen molar-refractivity contribution in [3.8, 4) is 27.6 Å². The fraction of sp³-hybridized carbons (Fsp3) is 0.297. The van der Waals surface area contributed by atoms with E-state index in [1.807, 2.05) is 11.0 Å². The number of methoxy groups -OCH3 is 1. The van der Waals surface area contributed by atoms with Gasteiger partial charge in [0, 0.05) is 29.5 Å². The van der Waals surface area contributed by atoms with E-state index in [1.165, 1.54) is 43.0 Å². The third-order valence-corrected chi connectivity index (χ3v) is 11.2. The van der Waals surface area contributed by atoms with Crippen LogP contribution in [0.5, 0.6) is 5.75 Å². The van der Waals surface area contributed by atoms with E-state index in [1.54, 1.807) is 25.1 Å². The molecule has 2 aromatic carbocycles. The number of fused-ring (bicyclic) bond motifs is 5. The summed E-state index contributed by atoms with van der Waals surface area (Å²) in [5, 5.41) is 12.2. The summed E-state index contributed by atoms with van der Waals surface area (Å²) >= 11 is 1.49. The summed E-state index contributed by atoms with van der Waals surface area (Å²) in [5.74, 6) is 0.894. The average Bonchev–Trinajstić information content (AvgIpc) is 3.96. The molecule has 4 aromatic heterocycles. The molecule has 9 rings (SSSR count). The maximum Gasteiger partial charge on any atom is 0.257 e. The highest BCUT2D eigenvalue weighted by molar-refractivity contribution is 7.22. The molecule has 10 nitrogen and oxygen atoms in total. The molecule has 1 saturated heterocycles. The molecule has 50 heavy (non-hydrogen) atoms. The van der Waals surface area contributed by atoms with E-state index in [2.05, 4.69) is 25.5 Å². The quantitative estimate of drug-likeness (QED) is 0.172. The normalized spacial score (nSPS) is 17.8. The maximum atomic E-state index is 14.5. The molecule has 3 aliphatic rings. The smallest absolute Gasteiger partial charge is 0.257 e. The van der Waals surface area contributed by atoms with Gasteiger partial charge in [-0.15, -0.1) is 21.5 Å². The zero-order chi connectivity index (χ0) is 34.1. The number of amides is 1. The molecule has 1 N–H and O–H groups in total. The number of rotatable bonds is 8. The number of aryl methyl sites for hydroxylation is 3. The second-order valence-corrected chi connectivity index (χ2v) is 14.0. The highest BCUT2D eigenvalue weighted by Gasteiger charge is 2.45. The van der Waals surface area contributed by atoms with Gasteiger partial charge < -0.3 is 19.4 Å². The zero-order valence-corrected chi connectivity index (χ0v) is 28.1. The van der Waals surface area contributed by atoms with E-state index < -0.39 is 0 Å². The number of carbonyl (C=O) groups excluding carboxylic acids is 1. The van der Waals surface area contributed by atoms with Gasteiger partial charge in [-0.3, -0.25) is 9.78 Å². The minimum absolute atomic E-state index is 0.0572. The number of nitrogens with one attached hydrogen (secondary N) is 1. The summed E-state index contributed by atoms with van der Waals surface area (Å²) < 4.78 is 40.5. The fourth-order valence-electron chi connectivity index (χ4n) is 7.78. The van der Waals surface area contributed by atoms with Crippen molar-refractivity contribution in [1.82, 2.24) is 30.0 Å². The van der Waals surface area contributed by atoms with Crippen LogP contribution in [0, 0.1) is 18.6 Å². The van der Waals surface area contributed by atoms with Crippen LogP contribution in [-0.2, 0) is 19.3 Å². The Morgan fingerprint density at radius 1 is 1.04 bits per heavy atom. The summed E-state index contributed by atoms with van der Waals surface area (Å²) in [6.07, 6.45) is 5.80. The topological polar surface area (TPSA) is 119 Å². The molecule has 0 spiro atoms.